The van der Waals surface area contributed by atoms with Crippen molar-refractivity contribution < 1.29 is 56.0 Å². The fourth-order valence-corrected chi connectivity index (χ4v) is 6.25. The van der Waals surface area contributed by atoms with Crippen molar-refractivity contribution in [2.24, 2.45) is 0 Å². The number of halogens is 7. The van der Waals surface area contributed by atoms with E-state index in [0.29, 0.717) is 0 Å². The number of sulfone groups is 1. The van der Waals surface area contributed by atoms with Crippen molar-refractivity contribution in [1.82, 2.24) is 0 Å². The molecule has 0 amide bonds. The summed E-state index contributed by atoms with van der Waals surface area (Å²) in [7, 11) is -13.9. The zero-order valence-electron chi connectivity index (χ0n) is 15.3. The Balaban J connectivity index is 3.11. The summed E-state index contributed by atoms with van der Waals surface area (Å²) < 4.78 is 139. The highest BCUT2D eigenvalue weighted by molar-refractivity contribution is 8.32. The Morgan fingerprint density at radius 2 is 1.30 bits per heavy atom. The first kappa shape index (κ1) is 26.6. The van der Waals surface area contributed by atoms with E-state index in [1.54, 1.807) is 0 Å². The molecule has 1 aromatic rings. The summed E-state index contributed by atoms with van der Waals surface area (Å²) in [6.07, 6.45) is -4.43. The minimum atomic E-state index is -6.94. The van der Waals surface area contributed by atoms with Crippen molar-refractivity contribution in [2.75, 3.05) is 24.5 Å². The molecule has 1 rings (SSSR count). The van der Waals surface area contributed by atoms with E-state index < -0.39 is 59.2 Å². The highest BCUT2D eigenvalue weighted by atomic mass is 32.3. The maximum absolute atomic E-state index is 13.5. The van der Waals surface area contributed by atoms with Crippen LogP contribution in [0.1, 0.15) is 10.4 Å². The minimum Gasteiger partial charge on any atom is -0.293 e. The number of rotatable bonds is 8. The minimum absolute atomic E-state index is 0.168. The van der Waals surface area contributed by atoms with Crippen molar-refractivity contribution >= 4 is 36.0 Å². The second kappa shape index (κ2) is 7.94. The van der Waals surface area contributed by atoms with Gasteiger partial charge in [0.05, 0.1) is 10.6 Å². The zero-order valence-corrected chi connectivity index (χ0v) is 17.8. The van der Waals surface area contributed by atoms with Crippen LogP contribution in [-0.2, 0) is 23.6 Å². The topological polar surface area (TPSA) is 94.6 Å². The number of benzene rings is 1. The molecule has 0 saturated heterocycles. The molecule has 0 aliphatic heterocycles. The highest BCUT2D eigenvalue weighted by Gasteiger charge is 2.79. The molecule has 1 aromatic carbocycles. The van der Waals surface area contributed by atoms with Gasteiger partial charge in [0.1, 0.15) is 0 Å². The number of alkyl halides is 7. The molecule has 0 aliphatic rings. The standard InChI is InChI=1S/C14H15F7O6S3/c1-28(2,8-11(22)9-4-6-10(7-5-9)29(3,23)24)27-30(25,26)14(20,21)12(15,16)13(17,18)19/h4-7H,8H2,1-3H3. The SMILES string of the molecule is CS(C)(CC(=O)c1ccc(S(C)(=O)=O)cc1)OS(=O)(=O)C(F)(F)C(F)(F)C(F)(F)F. The van der Waals surface area contributed by atoms with Crippen LogP contribution < -0.4 is 0 Å². The molecule has 174 valence electrons. The van der Waals surface area contributed by atoms with E-state index in [9.17, 15) is 52.4 Å². The Kier molecular flexibility index (Phi) is 7.06. The Labute approximate surface area is 169 Å². The van der Waals surface area contributed by atoms with Gasteiger partial charge in [0.15, 0.2) is 15.6 Å². The van der Waals surface area contributed by atoms with E-state index in [-0.39, 0.29) is 10.5 Å². The van der Waals surface area contributed by atoms with Gasteiger partial charge in [0.25, 0.3) is 0 Å². The van der Waals surface area contributed by atoms with Gasteiger partial charge in [0.2, 0.25) is 0 Å². The number of ketones is 1. The molecule has 6 nitrogen and oxygen atoms in total. The Bertz CT molecular complexity index is 1010. The molecule has 0 saturated carbocycles. The summed E-state index contributed by atoms with van der Waals surface area (Å²) >= 11 is 0. The van der Waals surface area contributed by atoms with Gasteiger partial charge in [-0.15, -0.1) is 10.3 Å². The lowest BCUT2D eigenvalue weighted by atomic mass is 10.1. The number of Topliss-reactive ketones (excluding diaryl/α,β-unsaturated/α-hetero) is 1. The average molecular weight is 508 g/mol. The third kappa shape index (κ3) is 5.45. The second-order valence-corrected chi connectivity index (χ2v) is 13.6. The van der Waals surface area contributed by atoms with E-state index in [1.807, 2.05) is 0 Å². The van der Waals surface area contributed by atoms with E-state index in [1.165, 1.54) is 0 Å². The van der Waals surface area contributed by atoms with Gasteiger partial charge < -0.3 is 0 Å². The first-order chi connectivity index (χ1) is 13.1. The number of hydrogen-bond acceptors (Lipinski definition) is 6. The average Bonchev–Trinajstić information content (AvgIpc) is 2.51. The molecular weight excluding hydrogens is 493 g/mol. The molecule has 0 aromatic heterocycles. The maximum Gasteiger partial charge on any atom is 0.461 e. The summed E-state index contributed by atoms with van der Waals surface area (Å²) in [5, 5.41) is -6.65. The van der Waals surface area contributed by atoms with Gasteiger partial charge in [-0.1, -0.05) is 12.1 Å². The lowest BCUT2D eigenvalue weighted by Gasteiger charge is -2.33. The van der Waals surface area contributed by atoms with Crippen molar-refractivity contribution in [1.29, 1.82) is 0 Å². The van der Waals surface area contributed by atoms with Gasteiger partial charge in [-0.25, -0.2) is 12.0 Å². The Morgan fingerprint density at radius 3 is 1.67 bits per heavy atom. The smallest absolute Gasteiger partial charge is 0.293 e. The van der Waals surface area contributed by atoms with E-state index in [2.05, 4.69) is 3.63 Å². The third-order valence-electron chi connectivity index (χ3n) is 3.39. The first-order valence-electron chi connectivity index (χ1n) is 7.37. The van der Waals surface area contributed by atoms with E-state index in [0.717, 1.165) is 43.0 Å². The summed E-state index contributed by atoms with van der Waals surface area (Å²) in [5.41, 5.74) is -0.198. The molecule has 30 heavy (non-hydrogen) atoms. The third-order valence-corrected chi connectivity index (χ3v) is 8.55. The lowest BCUT2D eigenvalue weighted by molar-refractivity contribution is -0.333. The molecule has 0 radical (unpaired) electrons. The molecular formula is C14H15F7O6S3. The summed E-state index contributed by atoms with van der Waals surface area (Å²) in [5.74, 6) is -8.84. The summed E-state index contributed by atoms with van der Waals surface area (Å²) in [6, 6.07) is 4.10. The number of hydrogen-bond donors (Lipinski definition) is 0. The lowest BCUT2D eigenvalue weighted by Crippen LogP contribution is -2.56. The Hall–Kier alpha value is -1.39. The van der Waals surface area contributed by atoms with Crippen molar-refractivity contribution in [3.05, 3.63) is 29.8 Å². The molecule has 0 atom stereocenters. The molecule has 0 bridgehead atoms. The van der Waals surface area contributed by atoms with Crippen molar-refractivity contribution in [2.45, 2.75) is 22.2 Å². The second-order valence-electron chi connectivity index (χ2n) is 6.41. The van der Waals surface area contributed by atoms with Crippen LogP contribution in [0.3, 0.4) is 0 Å². The van der Waals surface area contributed by atoms with Crippen LogP contribution in [-0.4, -0.2) is 64.5 Å². The molecule has 0 spiro atoms. The van der Waals surface area contributed by atoms with Gasteiger partial charge in [0, 0.05) is 11.8 Å². The molecule has 0 heterocycles. The summed E-state index contributed by atoms with van der Waals surface area (Å²) in [6.45, 7) is 0. The van der Waals surface area contributed by atoms with Gasteiger partial charge in [-0.3, -0.25) is 4.79 Å². The van der Waals surface area contributed by atoms with E-state index in [4.69, 9.17) is 0 Å². The fourth-order valence-electron chi connectivity index (χ4n) is 1.92. The summed E-state index contributed by atoms with van der Waals surface area (Å²) in [4.78, 5) is 12.0. The van der Waals surface area contributed by atoms with Gasteiger partial charge in [-0.05, 0) is 24.6 Å². The normalized spacial score (nSPS) is 15.1. The van der Waals surface area contributed by atoms with Crippen LogP contribution in [0.15, 0.2) is 29.2 Å². The molecule has 0 unspecified atom stereocenters. The van der Waals surface area contributed by atoms with Crippen LogP contribution in [0, 0.1) is 0 Å². The monoisotopic (exact) mass is 508 g/mol. The molecule has 0 N–H and O–H groups in total. The van der Waals surface area contributed by atoms with Crippen LogP contribution in [0.5, 0.6) is 0 Å². The first-order valence-corrected chi connectivity index (χ1v) is 13.2. The molecule has 16 heteroatoms. The van der Waals surface area contributed by atoms with Crippen molar-refractivity contribution in [3.8, 4) is 0 Å². The quantitative estimate of drug-likeness (QED) is 0.395. The van der Waals surface area contributed by atoms with E-state index >= 15 is 0 Å². The van der Waals surface area contributed by atoms with Crippen molar-refractivity contribution in [3.63, 3.8) is 0 Å². The van der Waals surface area contributed by atoms with Crippen LogP contribution in [0.2, 0.25) is 0 Å². The zero-order chi connectivity index (χ0) is 24.0. The molecule has 0 fully saturated rings. The Morgan fingerprint density at radius 1 is 0.867 bits per heavy atom. The molecule has 0 aliphatic carbocycles. The van der Waals surface area contributed by atoms with Gasteiger partial charge in [-0.2, -0.15) is 39.2 Å². The largest absolute Gasteiger partial charge is 0.461 e. The van der Waals surface area contributed by atoms with Gasteiger partial charge >= 0.3 is 27.5 Å². The fraction of sp³-hybridized carbons (Fsp3) is 0.500. The van der Waals surface area contributed by atoms with Crippen LogP contribution >= 0.6 is 10.3 Å². The van der Waals surface area contributed by atoms with Crippen LogP contribution in [0.25, 0.3) is 0 Å². The predicted molar refractivity (Wildman–Crippen MR) is 94.1 cm³/mol. The van der Waals surface area contributed by atoms with Crippen LogP contribution in [0.4, 0.5) is 30.7 Å². The number of carbonyl (C=O) groups excluding carboxylic acids is 1. The maximum atomic E-state index is 13.5. The number of carbonyl (C=O) groups is 1. The predicted octanol–water partition coefficient (Wildman–Crippen LogP) is 3.39. The highest BCUT2D eigenvalue weighted by Crippen LogP contribution is 2.53.